The zero-order valence-electron chi connectivity index (χ0n) is 19.6. The van der Waals surface area contributed by atoms with Gasteiger partial charge < -0.3 is 9.47 Å². The molecule has 2 aromatic carbocycles. The van der Waals surface area contributed by atoms with E-state index in [1.807, 2.05) is 65.2 Å². The number of nitrogens with zero attached hydrogens (tertiary/aromatic N) is 5. The van der Waals surface area contributed by atoms with Crippen LogP contribution in [0.25, 0.3) is 11.2 Å². The third-order valence-electron chi connectivity index (χ3n) is 5.97. The first-order chi connectivity index (χ1) is 17.3. The quantitative estimate of drug-likeness (QED) is 0.289. The highest BCUT2D eigenvalue weighted by molar-refractivity contribution is 6.13. The molecule has 2 atom stereocenters. The first-order valence-electron chi connectivity index (χ1n) is 11.9. The minimum absolute atomic E-state index is 0.134. The SMILES string of the molecule is CCOC(=O)C(N=C(c1ccccc1)c1ccccc1)c1ncnc2c1ncn2[C@H]1CCCCO1. The van der Waals surface area contributed by atoms with Gasteiger partial charge in [-0.05, 0) is 26.2 Å². The van der Waals surface area contributed by atoms with Gasteiger partial charge in [0, 0.05) is 17.7 Å². The van der Waals surface area contributed by atoms with E-state index in [9.17, 15) is 4.79 Å². The number of imidazole rings is 1. The molecule has 0 spiro atoms. The summed E-state index contributed by atoms with van der Waals surface area (Å²) in [7, 11) is 0. The molecule has 3 heterocycles. The van der Waals surface area contributed by atoms with Crippen molar-refractivity contribution in [3.05, 3.63) is 90.1 Å². The standard InChI is InChI=1S/C27H27N5O3/c1-2-34-27(33)25(31-22(19-11-5-3-6-12-19)20-13-7-4-8-14-20)23-24-26(29-17-28-23)32(18-30-24)21-15-9-10-16-35-21/h3-8,11-14,17-18,21,25H,2,9-10,15-16H2,1H3/t21-,25?/m1/s1. The Morgan fingerprint density at radius 3 is 2.40 bits per heavy atom. The maximum Gasteiger partial charge on any atom is 0.337 e. The van der Waals surface area contributed by atoms with Gasteiger partial charge in [0.05, 0.1) is 18.6 Å². The zero-order valence-corrected chi connectivity index (χ0v) is 19.6. The van der Waals surface area contributed by atoms with Gasteiger partial charge >= 0.3 is 5.97 Å². The van der Waals surface area contributed by atoms with Crippen LogP contribution < -0.4 is 0 Å². The normalized spacial score (nSPS) is 16.5. The van der Waals surface area contributed by atoms with Crippen molar-refractivity contribution >= 4 is 22.8 Å². The fourth-order valence-electron chi connectivity index (χ4n) is 4.31. The molecule has 178 valence electrons. The highest BCUT2D eigenvalue weighted by Crippen LogP contribution is 2.30. The average Bonchev–Trinajstić information content (AvgIpc) is 3.36. The van der Waals surface area contributed by atoms with Crippen LogP contribution >= 0.6 is 0 Å². The minimum atomic E-state index is -1.01. The number of ether oxygens (including phenoxy) is 2. The van der Waals surface area contributed by atoms with Crippen LogP contribution in [-0.2, 0) is 14.3 Å². The minimum Gasteiger partial charge on any atom is -0.464 e. The number of benzene rings is 2. The highest BCUT2D eigenvalue weighted by atomic mass is 16.5. The van der Waals surface area contributed by atoms with Gasteiger partial charge in [0.2, 0.25) is 0 Å². The van der Waals surface area contributed by atoms with Crippen molar-refractivity contribution in [1.82, 2.24) is 19.5 Å². The molecule has 1 saturated heterocycles. The maximum atomic E-state index is 13.2. The largest absolute Gasteiger partial charge is 0.464 e. The number of rotatable bonds is 7. The van der Waals surface area contributed by atoms with Crippen LogP contribution in [0.4, 0.5) is 0 Å². The van der Waals surface area contributed by atoms with Crippen LogP contribution in [0.15, 0.2) is 78.3 Å². The molecular formula is C27H27N5O3. The van der Waals surface area contributed by atoms with Gasteiger partial charge in [-0.1, -0.05) is 60.7 Å². The monoisotopic (exact) mass is 469 g/mol. The van der Waals surface area contributed by atoms with Gasteiger partial charge in [0.15, 0.2) is 11.7 Å². The van der Waals surface area contributed by atoms with E-state index in [0.29, 0.717) is 29.2 Å². The molecule has 8 nitrogen and oxygen atoms in total. The molecule has 1 aliphatic heterocycles. The Labute approximate surface area is 203 Å². The van der Waals surface area contributed by atoms with Crippen molar-refractivity contribution in [2.75, 3.05) is 13.2 Å². The van der Waals surface area contributed by atoms with Gasteiger partial charge in [-0.25, -0.2) is 19.7 Å². The van der Waals surface area contributed by atoms with E-state index in [1.54, 1.807) is 13.3 Å². The number of aliphatic imine (C=N–C) groups is 1. The van der Waals surface area contributed by atoms with E-state index in [1.165, 1.54) is 6.33 Å². The second-order valence-corrected chi connectivity index (χ2v) is 8.27. The van der Waals surface area contributed by atoms with Crippen molar-refractivity contribution in [3.63, 3.8) is 0 Å². The Kier molecular flexibility index (Phi) is 6.90. The summed E-state index contributed by atoms with van der Waals surface area (Å²) >= 11 is 0. The summed E-state index contributed by atoms with van der Waals surface area (Å²) in [6.07, 6.45) is 6.03. The molecule has 1 aliphatic rings. The van der Waals surface area contributed by atoms with Crippen molar-refractivity contribution in [3.8, 4) is 0 Å². The Morgan fingerprint density at radius 2 is 1.77 bits per heavy atom. The van der Waals surface area contributed by atoms with Crippen LogP contribution in [0.3, 0.4) is 0 Å². The number of hydrogen-bond donors (Lipinski definition) is 0. The first kappa shape index (κ1) is 22.9. The lowest BCUT2D eigenvalue weighted by Gasteiger charge is -2.23. The summed E-state index contributed by atoms with van der Waals surface area (Å²) in [6.45, 7) is 2.71. The molecule has 5 rings (SSSR count). The lowest BCUT2D eigenvalue weighted by Crippen LogP contribution is -2.20. The van der Waals surface area contributed by atoms with Gasteiger partial charge in [-0.3, -0.25) is 9.56 Å². The lowest BCUT2D eigenvalue weighted by atomic mass is 10.0. The van der Waals surface area contributed by atoms with E-state index in [2.05, 4.69) is 15.0 Å². The van der Waals surface area contributed by atoms with Crippen LogP contribution in [0.5, 0.6) is 0 Å². The Bertz CT molecular complexity index is 1270. The molecule has 0 bridgehead atoms. The van der Waals surface area contributed by atoms with Crippen LogP contribution in [0, 0.1) is 0 Å². The molecule has 4 aromatic rings. The second-order valence-electron chi connectivity index (χ2n) is 8.27. The predicted molar refractivity (Wildman–Crippen MR) is 132 cm³/mol. The maximum absolute atomic E-state index is 13.2. The van der Waals surface area contributed by atoms with Crippen molar-refractivity contribution in [2.45, 2.75) is 38.5 Å². The van der Waals surface area contributed by atoms with E-state index >= 15 is 0 Å². The molecule has 35 heavy (non-hydrogen) atoms. The average molecular weight is 470 g/mol. The molecule has 2 aromatic heterocycles. The Hall–Kier alpha value is -3.91. The Morgan fingerprint density at radius 1 is 1.06 bits per heavy atom. The molecule has 1 unspecified atom stereocenters. The molecule has 1 fully saturated rings. The molecule has 0 N–H and O–H groups in total. The molecule has 0 aliphatic carbocycles. The lowest BCUT2D eigenvalue weighted by molar-refractivity contribution is -0.144. The van der Waals surface area contributed by atoms with Gasteiger partial charge in [-0.2, -0.15) is 0 Å². The second kappa shape index (κ2) is 10.6. The smallest absolute Gasteiger partial charge is 0.337 e. The predicted octanol–water partition coefficient (Wildman–Crippen LogP) is 4.67. The van der Waals surface area contributed by atoms with E-state index in [0.717, 1.165) is 30.4 Å². The molecule has 0 amide bonds. The van der Waals surface area contributed by atoms with E-state index < -0.39 is 12.0 Å². The summed E-state index contributed by atoms with van der Waals surface area (Å²) in [6, 6.07) is 18.6. The fourth-order valence-corrected chi connectivity index (χ4v) is 4.31. The molecular weight excluding hydrogens is 442 g/mol. The van der Waals surface area contributed by atoms with Crippen LogP contribution in [0.1, 0.15) is 55.3 Å². The third kappa shape index (κ3) is 4.83. The fraction of sp³-hybridized carbons (Fsp3) is 0.296. The summed E-state index contributed by atoms with van der Waals surface area (Å²) in [5.74, 6) is -0.486. The molecule has 8 heteroatoms. The number of esters is 1. The van der Waals surface area contributed by atoms with Crippen molar-refractivity contribution in [2.24, 2.45) is 4.99 Å². The first-order valence-corrected chi connectivity index (χ1v) is 11.9. The van der Waals surface area contributed by atoms with E-state index in [4.69, 9.17) is 14.5 Å². The summed E-state index contributed by atoms with van der Waals surface area (Å²) in [5.41, 5.74) is 3.99. The summed E-state index contributed by atoms with van der Waals surface area (Å²) in [5, 5.41) is 0. The number of carbonyl (C=O) groups excluding carboxylic acids is 1. The van der Waals surface area contributed by atoms with Crippen molar-refractivity contribution in [1.29, 1.82) is 0 Å². The van der Waals surface area contributed by atoms with Gasteiger partial charge in [-0.15, -0.1) is 0 Å². The number of hydrogen-bond acceptors (Lipinski definition) is 7. The summed E-state index contributed by atoms with van der Waals surface area (Å²) in [4.78, 5) is 31.7. The number of aromatic nitrogens is 4. The molecule has 0 radical (unpaired) electrons. The van der Waals surface area contributed by atoms with Gasteiger partial charge in [0.25, 0.3) is 0 Å². The zero-order chi connectivity index (χ0) is 24.0. The van der Waals surface area contributed by atoms with Crippen LogP contribution in [-0.4, -0.2) is 44.4 Å². The Balaban J connectivity index is 1.65. The van der Waals surface area contributed by atoms with Crippen molar-refractivity contribution < 1.29 is 14.3 Å². The topological polar surface area (TPSA) is 91.5 Å². The summed E-state index contributed by atoms with van der Waals surface area (Å²) < 4.78 is 13.3. The highest BCUT2D eigenvalue weighted by Gasteiger charge is 2.29. The molecule has 0 saturated carbocycles. The number of fused-ring (bicyclic) bond motifs is 1. The number of carbonyl (C=O) groups is 1. The van der Waals surface area contributed by atoms with E-state index in [-0.39, 0.29) is 12.8 Å². The van der Waals surface area contributed by atoms with Crippen LogP contribution in [0.2, 0.25) is 0 Å². The third-order valence-corrected chi connectivity index (χ3v) is 5.97. The van der Waals surface area contributed by atoms with Gasteiger partial charge in [0.1, 0.15) is 23.8 Å².